The predicted molar refractivity (Wildman–Crippen MR) is 115 cm³/mol. The second-order valence-corrected chi connectivity index (χ2v) is 10.5. The fraction of sp³-hybridized carbons (Fsp3) is 0.250. The molecule has 2 aromatic carbocycles. The molecule has 0 aliphatic rings. The number of aromatic nitrogens is 1. The zero-order chi connectivity index (χ0) is 22.3. The number of rotatable bonds is 6. The van der Waals surface area contributed by atoms with Crippen molar-refractivity contribution in [3.8, 4) is 0 Å². The standard InChI is InChI=1S/C20H23N3O5S2/c1-12-6-9-18(14(3)10-12)22-29(24,25)17-8-7-13(2)19(11-17)23-30(26,27)20-15(4)21-28-16(20)5/h6-11,22-23H,1-5H3. The maximum atomic E-state index is 12.9. The molecule has 8 nitrogen and oxygen atoms in total. The molecule has 160 valence electrons. The van der Waals surface area contributed by atoms with Gasteiger partial charge in [0.25, 0.3) is 20.0 Å². The van der Waals surface area contributed by atoms with Crippen molar-refractivity contribution in [3.05, 3.63) is 64.5 Å². The Kier molecular flexibility index (Phi) is 5.66. The van der Waals surface area contributed by atoms with Crippen LogP contribution in [0, 0.1) is 34.6 Å². The van der Waals surface area contributed by atoms with E-state index in [-0.39, 0.29) is 26.9 Å². The summed E-state index contributed by atoms with van der Waals surface area (Å²) in [5, 5.41) is 3.66. The Hall–Kier alpha value is -2.85. The molecule has 0 aliphatic carbocycles. The van der Waals surface area contributed by atoms with E-state index < -0.39 is 20.0 Å². The van der Waals surface area contributed by atoms with Gasteiger partial charge in [-0.1, -0.05) is 28.9 Å². The van der Waals surface area contributed by atoms with E-state index >= 15 is 0 Å². The van der Waals surface area contributed by atoms with Gasteiger partial charge in [-0.3, -0.25) is 9.44 Å². The van der Waals surface area contributed by atoms with E-state index in [1.54, 1.807) is 19.1 Å². The fourth-order valence-electron chi connectivity index (χ4n) is 3.06. The largest absolute Gasteiger partial charge is 0.360 e. The normalized spacial score (nSPS) is 12.0. The Balaban J connectivity index is 1.97. The minimum Gasteiger partial charge on any atom is -0.360 e. The van der Waals surface area contributed by atoms with Gasteiger partial charge >= 0.3 is 0 Å². The molecule has 3 rings (SSSR count). The van der Waals surface area contributed by atoms with Gasteiger partial charge in [0.2, 0.25) is 0 Å². The highest BCUT2D eigenvalue weighted by atomic mass is 32.2. The van der Waals surface area contributed by atoms with Gasteiger partial charge in [-0.2, -0.15) is 0 Å². The minimum atomic E-state index is -4.01. The van der Waals surface area contributed by atoms with E-state index in [1.807, 2.05) is 26.0 Å². The average molecular weight is 450 g/mol. The van der Waals surface area contributed by atoms with Gasteiger partial charge < -0.3 is 4.52 Å². The highest BCUT2D eigenvalue weighted by molar-refractivity contribution is 7.93. The number of aryl methyl sites for hydroxylation is 5. The van der Waals surface area contributed by atoms with E-state index in [1.165, 1.54) is 26.0 Å². The first kappa shape index (κ1) is 21.8. The molecule has 10 heteroatoms. The third-order valence-electron chi connectivity index (χ3n) is 4.63. The second-order valence-electron chi connectivity index (χ2n) is 7.16. The maximum Gasteiger partial charge on any atom is 0.267 e. The van der Waals surface area contributed by atoms with Crippen molar-refractivity contribution in [2.24, 2.45) is 0 Å². The van der Waals surface area contributed by atoms with Gasteiger partial charge in [-0.25, -0.2) is 16.8 Å². The van der Waals surface area contributed by atoms with Gasteiger partial charge in [0.05, 0.1) is 16.3 Å². The lowest BCUT2D eigenvalue weighted by Gasteiger charge is -2.14. The van der Waals surface area contributed by atoms with Crippen LogP contribution >= 0.6 is 0 Å². The number of hydrogen-bond acceptors (Lipinski definition) is 6. The summed E-state index contributed by atoms with van der Waals surface area (Å²) in [6, 6.07) is 9.63. The summed E-state index contributed by atoms with van der Waals surface area (Å²) in [4.78, 5) is -0.131. The molecule has 0 amide bonds. The molecule has 0 radical (unpaired) electrons. The van der Waals surface area contributed by atoms with E-state index in [4.69, 9.17) is 4.52 Å². The first-order valence-electron chi connectivity index (χ1n) is 9.07. The number of anilines is 2. The van der Waals surface area contributed by atoms with Gasteiger partial charge in [0.1, 0.15) is 5.69 Å². The van der Waals surface area contributed by atoms with Gasteiger partial charge in [0, 0.05) is 0 Å². The Labute approximate surface area is 176 Å². The monoisotopic (exact) mass is 449 g/mol. The van der Waals surface area contributed by atoms with Crippen molar-refractivity contribution in [2.45, 2.75) is 44.4 Å². The number of nitrogens with zero attached hydrogens (tertiary/aromatic N) is 1. The number of benzene rings is 2. The van der Waals surface area contributed by atoms with Gasteiger partial charge in [-0.15, -0.1) is 0 Å². The molecule has 1 aromatic heterocycles. The van der Waals surface area contributed by atoms with E-state index in [0.29, 0.717) is 11.3 Å². The number of nitrogens with one attached hydrogen (secondary N) is 2. The summed E-state index contributed by atoms with van der Waals surface area (Å²) in [5.41, 5.74) is 3.19. The smallest absolute Gasteiger partial charge is 0.267 e. The van der Waals surface area contributed by atoms with E-state index in [2.05, 4.69) is 14.6 Å². The third kappa shape index (κ3) is 4.34. The van der Waals surface area contributed by atoms with Crippen molar-refractivity contribution in [1.82, 2.24) is 5.16 Å². The Bertz CT molecular complexity index is 1310. The number of sulfonamides is 2. The third-order valence-corrected chi connectivity index (χ3v) is 7.60. The topological polar surface area (TPSA) is 118 Å². The highest BCUT2D eigenvalue weighted by Crippen LogP contribution is 2.27. The summed E-state index contributed by atoms with van der Waals surface area (Å²) in [5.74, 6) is 0.151. The van der Waals surface area contributed by atoms with Crippen LogP contribution in [0.4, 0.5) is 11.4 Å². The summed E-state index contributed by atoms with van der Waals surface area (Å²) in [6.07, 6.45) is 0. The maximum absolute atomic E-state index is 12.9. The van der Waals surface area contributed by atoms with Crippen molar-refractivity contribution in [2.75, 3.05) is 9.44 Å². The van der Waals surface area contributed by atoms with Crippen LogP contribution in [0.15, 0.2) is 50.7 Å². The lowest BCUT2D eigenvalue weighted by Crippen LogP contribution is -2.17. The predicted octanol–water partition coefficient (Wildman–Crippen LogP) is 3.82. The van der Waals surface area contributed by atoms with Crippen LogP contribution in [0.1, 0.15) is 28.1 Å². The lowest BCUT2D eigenvalue weighted by atomic mass is 10.1. The molecule has 0 atom stereocenters. The first-order chi connectivity index (χ1) is 13.9. The van der Waals surface area contributed by atoms with Crippen molar-refractivity contribution in [1.29, 1.82) is 0 Å². The Morgan fingerprint density at radius 1 is 0.767 bits per heavy atom. The molecule has 3 aromatic rings. The molecule has 0 bridgehead atoms. The SMILES string of the molecule is Cc1ccc(NS(=O)(=O)c2ccc(C)c(NS(=O)(=O)c3c(C)noc3C)c2)c(C)c1. The molecule has 1 heterocycles. The Morgan fingerprint density at radius 2 is 1.43 bits per heavy atom. The zero-order valence-electron chi connectivity index (χ0n) is 17.3. The zero-order valence-corrected chi connectivity index (χ0v) is 18.9. The molecular weight excluding hydrogens is 426 g/mol. The fourth-order valence-corrected chi connectivity index (χ4v) is 5.67. The molecule has 30 heavy (non-hydrogen) atoms. The van der Waals surface area contributed by atoms with Crippen molar-refractivity contribution < 1.29 is 21.4 Å². The Morgan fingerprint density at radius 3 is 2.03 bits per heavy atom. The van der Waals surface area contributed by atoms with Crippen LogP contribution in [-0.4, -0.2) is 22.0 Å². The molecule has 0 saturated carbocycles. The summed E-state index contributed by atoms with van der Waals surface area (Å²) < 4.78 is 61.3. The summed E-state index contributed by atoms with van der Waals surface area (Å²) in [6.45, 7) is 8.42. The molecule has 0 aliphatic heterocycles. The lowest BCUT2D eigenvalue weighted by molar-refractivity contribution is 0.390. The first-order valence-corrected chi connectivity index (χ1v) is 12.0. The summed E-state index contributed by atoms with van der Waals surface area (Å²) in [7, 11) is -7.94. The minimum absolute atomic E-state index is 0.0652. The molecule has 0 fully saturated rings. The quantitative estimate of drug-likeness (QED) is 0.591. The number of hydrogen-bond donors (Lipinski definition) is 2. The average Bonchev–Trinajstić information content (AvgIpc) is 2.98. The van der Waals surface area contributed by atoms with Gasteiger partial charge in [-0.05, 0) is 63.9 Å². The highest BCUT2D eigenvalue weighted by Gasteiger charge is 2.25. The van der Waals surface area contributed by atoms with Crippen LogP contribution in [-0.2, 0) is 20.0 Å². The van der Waals surface area contributed by atoms with Crippen LogP contribution in [0.3, 0.4) is 0 Å². The molecule has 0 saturated heterocycles. The second kappa shape index (κ2) is 7.77. The molecule has 0 unspecified atom stereocenters. The van der Waals surface area contributed by atoms with E-state index in [0.717, 1.165) is 11.1 Å². The van der Waals surface area contributed by atoms with Crippen LogP contribution in [0.2, 0.25) is 0 Å². The molecular formula is C20H23N3O5S2. The van der Waals surface area contributed by atoms with Crippen LogP contribution in [0.25, 0.3) is 0 Å². The van der Waals surface area contributed by atoms with E-state index in [9.17, 15) is 16.8 Å². The van der Waals surface area contributed by atoms with Crippen LogP contribution < -0.4 is 9.44 Å². The van der Waals surface area contributed by atoms with Crippen molar-refractivity contribution in [3.63, 3.8) is 0 Å². The summed E-state index contributed by atoms with van der Waals surface area (Å²) >= 11 is 0. The van der Waals surface area contributed by atoms with Gasteiger partial charge in [0.15, 0.2) is 10.7 Å². The molecule has 0 spiro atoms. The van der Waals surface area contributed by atoms with Crippen LogP contribution in [0.5, 0.6) is 0 Å². The van der Waals surface area contributed by atoms with Crippen molar-refractivity contribution >= 4 is 31.4 Å². The molecule has 2 N–H and O–H groups in total.